The summed E-state index contributed by atoms with van der Waals surface area (Å²) >= 11 is 5.41. The Morgan fingerprint density at radius 2 is 1.15 bits per heavy atom. The van der Waals surface area contributed by atoms with Gasteiger partial charge in [-0.25, -0.2) is 0 Å². The summed E-state index contributed by atoms with van der Waals surface area (Å²) in [7, 11) is 3.84. The monoisotopic (exact) mass is 583 g/mol. The highest BCUT2D eigenvalue weighted by Crippen LogP contribution is 2.44. The first-order valence-electron chi connectivity index (χ1n) is 12.4. The predicted octanol–water partition coefficient (Wildman–Crippen LogP) is 9.57. The average molecular weight is 584 g/mol. The first kappa shape index (κ1) is 28.2. The Bertz CT molecular complexity index is 1740. The maximum atomic E-state index is 13.4. The minimum Gasteiger partial charge on any atom is -0.377 e. The quantitative estimate of drug-likeness (QED) is 0.163. The van der Waals surface area contributed by atoms with Crippen LogP contribution in [0.4, 0.5) is 43.4 Å². The van der Waals surface area contributed by atoms with Gasteiger partial charge in [-0.3, -0.25) is 0 Å². The van der Waals surface area contributed by atoms with Crippen LogP contribution in [0, 0.1) is 0 Å². The predicted molar refractivity (Wildman–Crippen MR) is 158 cm³/mol. The number of hydrogen-bond donors (Lipinski definition) is 2. The van der Waals surface area contributed by atoms with Gasteiger partial charge in [-0.1, -0.05) is 60.7 Å². The fraction of sp³-hybridized carbons (Fsp3) is 0.129. The summed E-state index contributed by atoms with van der Waals surface area (Å²) in [5.74, 6) is 0. The molecule has 41 heavy (non-hydrogen) atoms. The van der Waals surface area contributed by atoms with Crippen molar-refractivity contribution in [3.63, 3.8) is 0 Å². The molecule has 0 fully saturated rings. The van der Waals surface area contributed by atoms with Gasteiger partial charge in [0.05, 0.1) is 11.1 Å². The second-order valence-electron chi connectivity index (χ2n) is 9.66. The van der Waals surface area contributed by atoms with Crippen molar-refractivity contribution in [1.29, 1.82) is 0 Å². The minimum atomic E-state index is -4.98. The lowest BCUT2D eigenvalue weighted by molar-refractivity contribution is -0.143. The van der Waals surface area contributed by atoms with E-state index in [1.165, 1.54) is 0 Å². The van der Waals surface area contributed by atoms with Crippen LogP contribution in [-0.2, 0) is 12.4 Å². The Kier molecular flexibility index (Phi) is 7.29. The Morgan fingerprint density at radius 3 is 1.68 bits per heavy atom. The Balaban J connectivity index is 1.64. The smallest absolute Gasteiger partial charge is 0.377 e. The largest absolute Gasteiger partial charge is 0.416 e. The molecule has 0 aliphatic rings. The molecular formula is C31H23F6N3S. The molecule has 0 spiro atoms. The number of fused-ring (bicyclic) bond motifs is 2. The molecule has 0 amide bonds. The van der Waals surface area contributed by atoms with E-state index < -0.39 is 29.2 Å². The molecule has 0 aromatic heterocycles. The molecule has 2 N–H and O–H groups in total. The number of benzene rings is 5. The zero-order valence-corrected chi connectivity index (χ0v) is 22.6. The molecule has 0 saturated heterocycles. The normalized spacial score (nSPS) is 12.0. The van der Waals surface area contributed by atoms with Crippen LogP contribution in [0.15, 0.2) is 91.0 Å². The summed E-state index contributed by atoms with van der Waals surface area (Å²) < 4.78 is 80.4. The van der Waals surface area contributed by atoms with E-state index in [4.69, 9.17) is 12.2 Å². The molecule has 5 aromatic rings. The van der Waals surface area contributed by atoms with Crippen molar-refractivity contribution in [2.75, 3.05) is 29.6 Å². The third-order valence-electron chi connectivity index (χ3n) is 6.66. The van der Waals surface area contributed by atoms with E-state index in [9.17, 15) is 26.3 Å². The lowest BCUT2D eigenvalue weighted by Gasteiger charge is -2.24. The summed E-state index contributed by atoms with van der Waals surface area (Å²) in [4.78, 5) is 1.98. The lowest BCUT2D eigenvalue weighted by atomic mass is 9.90. The van der Waals surface area contributed by atoms with Gasteiger partial charge in [0, 0.05) is 42.3 Å². The van der Waals surface area contributed by atoms with Crippen molar-refractivity contribution in [1.82, 2.24) is 0 Å². The second kappa shape index (κ2) is 10.6. The molecule has 5 rings (SSSR count). The van der Waals surface area contributed by atoms with Crippen LogP contribution in [0.2, 0.25) is 0 Å². The molecule has 0 saturated carbocycles. The highest BCUT2D eigenvalue weighted by molar-refractivity contribution is 7.80. The van der Waals surface area contributed by atoms with E-state index in [1.807, 2.05) is 85.7 Å². The molecule has 0 atom stereocenters. The number of alkyl halides is 6. The minimum absolute atomic E-state index is 0.0758. The Hall–Kier alpha value is -4.31. The van der Waals surface area contributed by atoms with Gasteiger partial charge in [-0.2, -0.15) is 26.3 Å². The van der Waals surface area contributed by atoms with Crippen LogP contribution in [-0.4, -0.2) is 19.2 Å². The van der Waals surface area contributed by atoms with E-state index in [-0.39, 0.29) is 11.2 Å². The lowest BCUT2D eigenvalue weighted by Crippen LogP contribution is -2.21. The highest BCUT2D eigenvalue weighted by atomic mass is 32.1. The maximum absolute atomic E-state index is 13.4. The second-order valence-corrected chi connectivity index (χ2v) is 10.1. The molecule has 0 aliphatic heterocycles. The van der Waals surface area contributed by atoms with Crippen LogP contribution >= 0.6 is 12.2 Å². The van der Waals surface area contributed by atoms with Gasteiger partial charge in [-0.05, 0) is 64.1 Å². The van der Waals surface area contributed by atoms with Gasteiger partial charge in [0.25, 0.3) is 0 Å². The van der Waals surface area contributed by atoms with Crippen molar-refractivity contribution < 1.29 is 26.3 Å². The highest BCUT2D eigenvalue weighted by Gasteiger charge is 2.37. The molecule has 3 nitrogen and oxygen atoms in total. The van der Waals surface area contributed by atoms with Gasteiger partial charge in [0.2, 0.25) is 0 Å². The molecule has 0 heterocycles. The Labute approximate surface area is 237 Å². The van der Waals surface area contributed by atoms with E-state index in [1.54, 1.807) is 6.07 Å². The van der Waals surface area contributed by atoms with Crippen LogP contribution in [0.3, 0.4) is 0 Å². The molecule has 0 aliphatic carbocycles. The topological polar surface area (TPSA) is 27.3 Å². The standard InChI is InChI=1S/C31H23F6N3S/c1-40(2)26-14-12-19-8-4-6-10-24(19)28(26)27-23-9-5-3-7-18(23)11-13-25(27)39-29(41)38-22-16-20(30(32,33)34)15-21(17-22)31(35,36)37/h3-17H,1-2H3,(H2,38,39,41). The van der Waals surface area contributed by atoms with Gasteiger partial charge < -0.3 is 15.5 Å². The SMILES string of the molecule is CN(C)c1ccc2ccccc2c1-c1c(NC(=S)Nc2cc(C(F)(F)F)cc(C(F)(F)F)c2)ccc2ccccc12. The molecule has 0 radical (unpaired) electrons. The van der Waals surface area contributed by atoms with Crippen LogP contribution in [0.5, 0.6) is 0 Å². The number of anilines is 3. The van der Waals surface area contributed by atoms with Crippen molar-refractivity contribution in [3.05, 3.63) is 102 Å². The van der Waals surface area contributed by atoms with Crippen molar-refractivity contribution in [2.45, 2.75) is 12.4 Å². The number of rotatable bonds is 4. The van der Waals surface area contributed by atoms with Gasteiger partial charge in [-0.15, -0.1) is 0 Å². The summed E-state index contributed by atoms with van der Waals surface area (Å²) in [6.45, 7) is 0. The fourth-order valence-electron chi connectivity index (χ4n) is 4.85. The summed E-state index contributed by atoms with van der Waals surface area (Å²) in [6, 6.07) is 24.5. The van der Waals surface area contributed by atoms with Gasteiger partial charge in [0.1, 0.15) is 0 Å². The fourth-order valence-corrected chi connectivity index (χ4v) is 5.08. The van der Waals surface area contributed by atoms with Crippen LogP contribution < -0.4 is 15.5 Å². The van der Waals surface area contributed by atoms with Crippen molar-refractivity contribution >= 4 is 55.9 Å². The summed E-state index contributed by atoms with van der Waals surface area (Å²) in [6.07, 6.45) is -9.95. The van der Waals surface area contributed by atoms with E-state index in [0.29, 0.717) is 17.8 Å². The number of halogens is 6. The average Bonchev–Trinajstić information content (AvgIpc) is 2.91. The van der Waals surface area contributed by atoms with Crippen LogP contribution in [0.25, 0.3) is 32.7 Å². The first-order valence-corrected chi connectivity index (χ1v) is 12.8. The van der Waals surface area contributed by atoms with E-state index in [0.717, 1.165) is 38.4 Å². The number of thiocarbonyl (C=S) groups is 1. The first-order chi connectivity index (χ1) is 19.3. The molecule has 0 bridgehead atoms. The summed E-state index contributed by atoms with van der Waals surface area (Å²) in [5.41, 5.74) is -0.184. The molecular weight excluding hydrogens is 560 g/mol. The molecule has 10 heteroatoms. The van der Waals surface area contributed by atoms with E-state index >= 15 is 0 Å². The van der Waals surface area contributed by atoms with Crippen LogP contribution in [0.1, 0.15) is 11.1 Å². The number of hydrogen-bond acceptors (Lipinski definition) is 2. The molecule has 210 valence electrons. The third-order valence-corrected chi connectivity index (χ3v) is 6.87. The zero-order valence-electron chi connectivity index (χ0n) is 21.8. The van der Waals surface area contributed by atoms with Gasteiger partial charge >= 0.3 is 12.4 Å². The van der Waals surface area contributed by atoms with Gasteiger partial charge in [0.15, 0.2) is 5.11 Å². The Morgan fingerprint density at radius 1 is 0.634 bits per heavy atom. The number of nitrogens with zero attached hydrogens (tertiary/aromatic N) is 1. The van der Waals surface area contributed by atoms with Crippen molar-refractivity contribution in [3.8, 4) is 11.1 Å². The third kappa shape index (κ3) is 5.78. The zero-order chi connectivity index (χ0) is 29.5. The van der Waals surface area contributed by atoms with Crippen molar-refractivity contribution in [2.24, 2.45) is 0 Å². The summed E-state index contributed by atoms with van der Waals surface area (Å²) in [5, 5.41) is 9.19. The van der Waals surface area contributed by atoms with E-state index in [2.05, 4.69) is 10.6 Å². The molecule has 0 unspecified atom stereocenters. The number of nitrogens with one attached hydrogen (secondary N) is 2. The molecule has 5 aromatic carbocycles. The maximum Gasteiger partial charge on any atom is 0.416 e.